The fourth-order valence-corrected chi connectivity index (χ4v) is 7.84. The first kappa shape index (κ1) is 31.6. The molecule has 2 heteroatoms. The van der Waals surface area contributed by atoms with E-state index in [4.69, 9.17) is 4.42 Å². The summed E-state index contributed by atoms with van der Waals surface area (Å²) in [4.78, 5) is 2.37. The number of rotatable bonds is 7. The van der Waals surface area contributed by atoms with Gasteiger partial charge in [0, 0.05) is 33.3 Å². The van der Waals surface area contributed by atoms with Gasteiger partial charge in [0.1, 0.15) is 11.2 Å². The van der Waals surface area contributed by atoms with E-state index in [1.54, 1.807) is 0 Å². The van der Waals surface area contributed by atoms with Crippen molar-refractivity contribution in [3.05, 3.63) is 212 Å². The number of fused-ring (bicyclic) bond motifs is 5. The van der Waals surface area contributed by atoms with Crippen LogP contribution in [0.2, 0.25) is 0 Å². The molecule has 0 fully saturated rings. The highest BCUT2D eigenvalue weighted by Gasteiger charge is 2.22. The van der Waals surface area contributed by atoms with Crippen molar-refractivity contribution in [1.82, 2.24) is 0 Å². The minimum absolute atomic E-state index is 0.892. The van der Waals surface area contributed by atoms with E-state index >= 15 is 0 Å². The SMILES string of the molecule is c1ccc(-c2ccc(N(c3ccc(-c4cccc(-c5ccccc5)c4)cc3)c3ccccc3-c3cc4ccccc4c4c3oc3ccccc34)cc2)cc1. The maximum Gasteiger partial charge on any atom is 0.143 e. The number of anilines is 3. The van der Waals surface area contributed by atoms with Crippen LogP contribution in [0.4, 0.5) is 17.1 Å². The maximum atomic E-state index is 6.74. The lowest BCUT2D eigenvalue weighted by molar-refractivity contribution is 0.670. The normalized spacial score (nSPS) is 11.3. The Balaban J connectivity index is 1.14. The van der Waals surface area contributed by atoms with Gasteiger partial charge in [0.25, 0.3) is 0 Å². The molecule has 1 aromatic heterocycles. The van der Waals surface area contributed by atoms with E-state index in [0.717, 1.165) is 50.1 Å². The molecule has 0 saturated heterocycles. The summed E-state index contributed by atoms with van der Waals surface area (Å²) in [5.41, 5.74) is 14.3. The summed E-state index contributed by atoms with van der Waals surface area (Å²) in [6.07, 6.45) is 0. The Labute approximate surface area is 314 Å². The first-order valence-corrected chi connectivity index (χ1v) is 18.4. The van der Waals surface area contributed by atoms with Gasteiger partial charge in [-0.25, -0.2) is 0 Å². The summed E-state index contributed by atoms with van der Waals surface area (Å²) in [5.74, 6) is 0. The molecule has 0 atom stereocenters. The van der Waals surface area contributed by atoms with E-state index in [1.807, 2.05) is 6.07 Å². The zero-order chi connectivity index (χ0) is 35.8. The number of para-hydroxylation sites is 2. The molecule has 0 N–H and O–H groups in total. The second-order valence-corrected chi connectivity index (χ2v) is 13.7. The second kappa shape index (κ2) is 13.4. The fourth-order valence-electron chi connectivity index (χ4n) is 7.84. The van der Waals surface area contributed by atoms with Crippen LogP contribution in [0.25, 0.3) is 77.2 Å². The summed E-state index contributed by atoms with van der Waals surface area (Å²) in [6, 6.07) is 75.8. The van der Waals surface area contributed by atoms with Crippen LogP contribution in [0.5, 0.6) is 0 Å². The Kier molecular flexibility index (Phi) is 7.85. The van der Waals surface area contributed by atoms with Crippen molar-refractivity contribution in [2.75, 3.05) is 4.90 Å². The molecule has 0 aliphatic carbocycles. The third kappa shape index (κ3) is 5.62. The minimum atomic E-state index is 0.892. The van der Waals surface area contributed by atoms with Gasteiger partial charge in [0.2, 0.25) is 0 Å². The molecule has 0 unspecified atom stereocenters. The van der Waals surface area contributed by atoms with Crippen LogP contribution in [0.3, 0.4) is 0 Å². The molecule has 0 saturated carbocycles. The maximum absolute atomic E-state index is 6.74. The molecule has 10 aromatic rings. The predicted molar refractivity (Wildman–Crippen MR) is 228 cm³/mol. The first-order chi connectivity index (χ1) is 26.8. The van der Waals surface area contributed by atoms with E-state index in [9.17, 15) is 0 Å². The molecular weight excluding hydrogens is 655 g/mol. The molecule has 54 heavy (non-hydrogen) atoms. The Morgan fingerprint density at radius 1 is 0.333 bits per heavy atom. The molecule has 0 amide bonds. The molecular formula is C52H35NO. The topological polar surface area (TPSA) is 16.4 Å². The van der Waals surface area contributed by atoms with Crippen molar-refractivity contribution in [2.45, 2.75) is 0 Å². The Hall–Kier alpha value is -7.16. The van der Waals surface area contributed by atoms with Crippen LogP contribution >= 0.6 is 0 Å². The van der Waals surface area contributed by atoms with E-state index < -0.39 is 0 Å². The van der Waals surface area contributed by atoms with Crippen LogP contribution in [-0.4, -0.2) is 0 Å². The average molecular weight is 690 g/mol. The highest BCUT2D eigenvalue weighted by atomic mass is 16.3. The fraction of sp³-hybridized carbons (Fsp3) is 0. The molecule has 2 nitrogen and oxygen atoms in total. The van der Waals surface area contributed by atoms with Crippen LogP contribution in [0.15, 0.2) is 217 Å². The third-order valence-corrected chi connectivity index (χ3v) is 10.5. The summed E-state index contributed by atoms with van der Waals surface area (Å²) in [6.45, 7) is 0. The summed E-state index contributed by atoms with van der Waals surface area (Å²) in [7, 11) is 0. The predicted octanol–water partition coefficient (Wildman–Crippen LogP) is 14.9. The molecule has 9 aromatic carbocycles. The van der Waals surface area contributed by atoms with Crippen LogP contribution in [0, 0.1) is 0 Å². The van der Waals surface area contributed by atoms with E-state index in [0.29, 0.717) is 0 Å². The lowest BCUT2D eigenvalue weighted by atomic mass is 9.94. The van der Waals surface area contributed by atoms with Crippen LogP contribution in [0.1, 0.15) is 0 Å². The highest BCUT2D eigenvalue weighted by Crippen LogP contribution is 2.46. The quantitative estimate of drug-likeness (QED) is 0.166. The lowest BCUT2D eigenvalue weighted by Crippen LogP contribution is -2.11. The van der Waals surface area contributed by atoms with Crippen molar-refractivity contribution >= 4 is 49.8 Å². The number of benzene rings is 9. The van der Waals surface area contributed by atoms with Crippen molar-refractivity contribution in [1.29, 1.82) is 0 Å². The van der Waals surface area contributed by atoms with Gasteiger partial charge < -0.3 is 9.32 Å². The van der Waals surface area contributed by atoms with Crippen molar-refractivity contribution < 1.29 is 4.42 Å². The Morgan fingerprint density at radius 2 is 0.833 bits per heavy atom. The van der Waals surface area contributed by atoms with Gasteiger partial charge in [0.15, 0.2) is 0 Å². The second-order valence-electron chi connectivity index (χ2n) is 13.7. The Morgan fingerprint density at radius 3 is 1.52 bits per heavy atom. The largest absolute Gasteiger partial charge is 0.455 e. The summed E-state index contributed by atoms with van der Waals surface area (Å²) < 4.78 is 6.74. The van der Waals surface area contributed by atoms with Gasteiger partial charge in [-0.3, -0.25) is 0 Å². The van der Waals surface area contributed by atoms with Crippen molar-refractivity contribution in [3.8, 4) is 44.5 Å². The van der Waals surface area contributed by atoms with Gasteiger partial charge in [-0.1, -0.05) is 164 Å². The zero-order valence-electron chi connectivity index (χ0n) is 29.6. The zero-order valence-corrected chi connectivity index (χ0v) is 29.6. The third-order valence-electron chi connectivity index (χ3n) is 10.5. The van der Waals surface area contributed by atoms with Crippen LogP contribution in [-0.2, 0) is 0 Å². The van der Waals surface area contributed by atoms with Crippen molar-refractivity contribution in [3.63, 3.8) is 0 Å². The molecule has 0 aliphatic heterocycles. The molecule has 254 valence electrons. The van der Waals surface area contributed by atoms with E-state index in [-0.39, 0.29) is 0 Å². The summed E-state index contributed by atoms with van der Waals surface area (Å²) >= 11 is 0. The van der Waals surface area contributed by atoms with E-state index in [1.165, 1.54) is 44.2 Å². The molecule has 0 radical (unpaired) electrons. The number of hydrogen-bond acceptors (Lipinski definition) is 2. The van der Waals surface area contributed by atoms with E-state index in [2.05, 4.69) is 211 Å². The number of nitrogens with zero attached hydrogens (tertiary/aromatic N) is 1. The van der Waals surface area contributed by atoms with Gasteiger partial charge in [-0.2, -0.15) is 0 Å². The minimum Gasteiger partial charge on any atom is -0.455 e. The Bertz CT molecular complexity index is 2910. The molecule has 0 bridgehead atoms. The van der Waals surface area contributed by atoms with Gasteiger partial charge in [-0.05, 0) is 92.7 Å². The lowest BCUT2D eigenvalue weighted by Gasteiger charge is -2.28. The molecule has 0 spiro atoms. The standard InChI is InChI=1S/C52H35NO/c1-3-14-36(15-4-1)38-26-30-43(31-27-38)53(44-32-28-39(29-33-44)41-20-13-19-40(34-41)37-16-5-2-6-17-37)49-24-11-9-22-46(49)48-35-42-18-7-8-21-45(42)51-47-23-10-12-25-50(47)54-52(48)51/h1-35H. The van der Waals surface area contributed by atoms with Gasteiger partial charge >= 0.3 is 0 Å². The van der Waals surface area contributed by atoms with Crippen molar-refractivity contribution in [2.24, 2.45) is 0 Å². The highest BCUT2D eigenvalue weighted by molar-refractivity contribution is 6.23. The molecule has 10 rings (SSSR count). The van der Waals surface area contributed by atoms with Gasteiger partial charge in [0.05, 0.1) is 5.69 Å². The monoisotopic (exact) mass is 689 g/mol. The molecule has 1 heterocycles. The first-order valence-electron chi connectivity index (χ1n) is 18.4. The van der Waals surface area contributed by atoms with Crippen LogP contribution < -0.4 is 4.90 Å². The number of hydrogen-bond donors (Lipinski definition) is 0. The molecule has 0 aliphatic rings. The average Bonchev–Trinajstić information content (AvgIpc) is 3.65. The number of furan rings is 1. The summed E-state index contributed by atoms with van der Waals surface area (Å²) in [5, 5.41) is 4.65. The smallest absolute Gasteiger partial charge is 0.143 e. The van der Waals surface area contributed by atoms with Gasteiger partial charge in [-0.15, -0.1) is 0 Å².